The van der Waals surface area contributed by atoms with E-state index < -0.39 is 10.0 Å². The van der Waals surface area contributed by atoms with Crippen molar-refractivity contribution in [3.8, 4) is 0 Å². The number of sulfonamides is 1. The monoisotopic (exact) mass is 372 g/mol. The molecule has 1 aromatic heterocycles. The normalized spacial score (nSPS) is 11.2. The highest BCUT2D eigenvalue weighted by molar-refractivity contribution is 7.92. The third kappa shape index (κ3) is 5.53. The number of anilines is 1. The van der Waals surface area contributed by atoms with E-state index in [0.29, 0.717) is 17.1 Å². The van der Waals surface area contributed by atoms with E-state index in [4.69, 9.17) is 11.6 Å². The van der Waals surface area contributed by atoms with Gasteiger partial charge in [0.15, 0.2) is 0 Å². The third-order valence-electron chi connectivity index (χ3n) is 3.05. The van der Waals surface area contributed by atoms with Crippen molar-refractivity contribution in [3.63, 3.8) is 0 Å². The quantitative estimate of drug-likeness (QED) is 0.812. The maximum Gasteiger partial charge on any atom is 0.232 e. The second kappa shape index (κ2) is 7.81. The van der Waals surface area contributed by atoms with E-state index in [9.17, 15) is 13.2 Å². The molecule has 0 saturated heterocycles. The molecule has 23 heavy (non-hydrogen) atoms. The van der Waals surface area contributed by atoms with E-state index in [0.717, 1.165) is 11.1 Å². The summed E-state index contributed by atoms with van der Waals surface area (Å²) in [6.07, 6.45) is 1.43. The molecular weight excluding hydrogens is 356 g/mol. The Balaban J connectivity index is 1.96. The van der Waals surface area contributed by atoms with Crippen molar-refractivity contribution in [1.82, 2.24) is 5.32 Å². The average molecular weight is 373 g/mol. The summed E-state index contributed by atoms with van der Waals surface area (Å²) in [5.41, 5.74) is 0.479. The van der Waals surface area contributed by atoms with E-state index in [1.54, 1.807) is 24.3 Å². The van der Waals surface area contributed by atoms with Gasteiger partial charge in [-0.1, -0.05) is 23.7 Å². The summed E-state index contributed by atoms with van der Waals surface area (Å²) in [7, 11) is -3.46. The molecule has 1 N–H and O–H groups in total. The fourth-order valence-corrected chi connectivity index (χ4v) is 3.86. The van der Waals surface area contributed by atoms with Crippen molar-refractivity contribution in [3.05, 3.63) is 51.7 Å². The molecule has 0 fully saturated rings. The summed E-state index contributed by atoms with van der Waals surface area (Å²) < 4.78 is 25.1. The van der Waals surface area contributed by atoms with Crippen LogP contribution in [0.1, 0.15) is 4.88 Å². The zero-order valence-corrected chi connectivity index (χ0v) is 14.9. The van der Waals surface area contributed by atoms with Gasteiger partial charge in [0.2, 0.25) is 15.9 Å². The first-order chi connectivity index (χ1) is 10.9. The van der Waals surface area contributed by atoms with E-state index in [2.05, 4.69) is 5.32 Å². The number of hydrogen-bond acceptors (Lipinski definition) is 4. The van der Waals surface area contributed by atoms with Crippen LogP contribution in [0.3, 0.4) is 0 Å². The summed E-state index contributed by atoms with van der Waals surface area (Å²) in [6, 6.07) is 10.4. The number of thiophene rings is 1. The summed E-state index contributed by atoms with van der Waals surface area (Å²) in [6.45, 7) is 0.374. The van der Waals surface area contributed by atoms with Crippen LogP contribution in [-0.4, -0.2) is 33.7 Å². The highest BCUT2D eigenvalue weighted by Gasteiger charge is 2.17. The van der Waals surface area contributed by atoms with Crippen LogP contribution in [0.4, 0.5) is 5.69 Å². The summed E-state index contributed by atoms with van der Waals surface area (Å²) in [5, 5.41) is 5.10. The van der Waals surface area contributed by atoms with Gasteiger partial charge in [-0.2, -0.15) is 0 Å². The lowest BCUT2D eigenvalue weighted by molar-refractivity contribution is -0.120. The summed E-state index contributed by atoms with van der Waals surface area (Å²) >= 11 is 7.42. The minimum Gasteiger partial charge on any atom is -0.354 e. The Morgan fingerprint density at radius 3 is 2.70 bits per heavy atom. The van der Waals surface area contributed by atoms with Gasteiger partial charge in [0.1, 0.15) is 0 Å². The van der Waals surface area contributed by atoms with Crippen molar-refractivity contribution in [2.45, 2.75) is 6.42 Å². The molecule has 1 amide bonds. The summed E-state index contributed by atoms with van der Waals surface area (Å²) in [5.74, 6) is -0.132. The topological polar surface area (TPSA) is 66.5 Å². The van der Waals surface area contributed by atoms with Gasteiger partial charge >= 0.3 is 0 Å². The van der Waals surface area contributed by atoms with Gasteiger partial charge in [-0.25, -0.2) is 8.42 Å². The van der Waals surface area contributed by atoms with Crippen LogP contribution in [0.2, 0.25) is 5.02 Å². The smallest absolute Gasteiger partial charge is 0.232 e. The van der Waals surface area contributed by atoms with E-state index in [1.807, 2.05) is 17.5 Å². The number of benzene rings is 1. The minimum absolute atomic E-state index is 0.132. The Kier molecular flexibility index (Phi) is 6.04. The molecule has 1 aromatic carbocycles. The second-order valence-electron chi connectivity index (χ2n) is 4.92. The number of rotatable bonds is 7. The first-order valence-electron chi connectivity index (χ1n) is 6.88. The highest BCUT2D eigenvalue weighted by atomic mass is 35.5. The molecule has 0 radical (unpaired) electrons. The van der Waals surface area contributed by atoms with Crippen LogP contribution in [0, 0.1) is 0 Å². The second-order valence-corrected chi connectivity index (χ2v) is 8.30. The van der Waals surface area contributed by atoms with Crippen LogP contribution in [0.5, 0.6) is 0 Å². The number of hydrogen-bond donors (Lipinski definition) is 1. The Labute approximate surface area is 144 Å². The molecule has 0 spiro atoms. The maximum atomic E-state index is 11.9. The molecule has 2 rings (SSSR count). The number of carbonyl (C=O) groups excluding carboxylic acids is 1. The van der Waals surface area contributed by atoms with Crippen molar-refractivity contribution in [1.29, 1.82) is 0 Å². The van der Waals surface area contributed by atoms with Crippen LogP contribution in [0.25, 0.3) is 0 Å². The molecule has 8 heteroatoms. The van der Waals surface area contributed by atoms with E-state index in [-0.39, 0.29) is 19.0 Å². The molecule has 0 bridgehead atoms. The highest BCUT2D eigenvalue weighted by Crippen LogP contribution is 2.21. The van der Waals surface area contributed by atoms with Crippen molar-refractivity contribution >= 4 is 44.6 Å². The van der Waals surface area contributed by atoms with Gasteiger partial charge in [0.05, 0.1) is 24.9 Å². The van der Waals surface area contributed by atoms with Crippen LogP contribution in [0.15, 0.2) is 41.8 Å². The molecule has 0 aliphatic heterocycles. The fourth-order valence-electron chi connectivity index (χ4n) is 2.05. The standard InChI is InChI=1S/C15H17ClN2O3S2/c1-23(20,21)18(13-5-2-4-12(16)10-13)8-7-17-15(19)11-14-6-3-9-22-14/h2-6,9-10H,7-8,11H2,1H3,(H,17,19). The molecule has 1 heterocycles. The van der Waals surface area contributed by atoms with Crippen LogP contribution < -0.4 is 9.62 Å². The predicted molar refractivity (Wildman–Crippen MR) is 94.7 cm³/mol. The van der Waals surface area contributed by atoms with Gasteiger partial charge in [-0.3, -0.25) is 9.10 Å². The van der Waals surface area contributed by atoms with Crippen molar-refractivity contribution in [2.75, 3.05) is 23.7 Å². The molecule has 0 saturated carbocycles. The first kappa shape index (κ1) is 17.8. The number of nitrogens with one attached hydrogen (secondary N) is 1. The molecule has 0 aliphatic rings. The van der Waals surface area contributed by atoms with Crippen molar-refractivity contribution in [2.24, 2.45) is 0 Å². The molecule has 124 valence electrons. The van der Waals surface area contributed by atoms with E-state index in [1.165, 1.54) is 15.6 Å². The average Bonchev–Trinajstić information content (AvgIpc) is 2.95. The SMILES string of the molecule is CS(=O)(=O)N(CCNC(=O)Cc1cccs1)c1cccc(Cl)c1. The van der Waals surface area contributed by atoms with E-state index >= 15 is 0 Å². The number of halogens is 1. The van der Waals surface area contributed by atoms with Crippen LogP contribution >= 0.6 is 22.9 Å². The summed E-state index contributed by atoms with van der Waals surface area (Å²) in [4.78, 5) is 12.8. The first-order valence-corrected chi connectivity index (χ1v) is 9.99. The van der Waals surface area contributed by atoms with Gasteiger partial charge in [-0.05, 0) is 29.6 Å². The largest absolute Gasteiger partial charge is 0.354 e. The number of nitrogens with zero attached hydrogens (tertiary/aromatic N) is 1. The molecule has 0 atom stereocenters. The molecule has 5 nitrogen and oxygen atoms in total. The minimum atomic E-state index is -3.46. The Hall–Kier alpha value is -1.57. The fraction of sp³-hybridized carbons (Fsp3) is 0.267. The zero-order valence-electron chi connectivity index (χ0n) is 12.5. The lowest BCUT2D eigenvalue weighted by atomic mass is 10.3. The third-order valence-corrected chi connectivity index (χ3v) is 5.35. The molecular formula is C15H17ClN2O3S2. The molecule has 0 unspecified atom stereocenters. The lowest BCUT2D eigenvalue weighted by Crippen LogP contribution is -2.38. The van der Waals surface area contributed by atoms with Crippen LogP contribution in [-0.2, 0) is 21.2 Å². The predicted octanol–water partition coefficient (Wildman–Crippen LogP) is 2.53. The van der Waals surface area contributed by atoms with Gasteiger partial charge in [0, 0.05) is 16.4 Å². The zero-order chi connectivity index (χ0) is 16.9. The Morgan fingerprint density at radius 1 is 1.30 bits per heavy atom. The van der Waals surface area contributed by atoms with Gasteiger partial charge < -0.3 is 5.32 Å². The lowest BCUT2D eigenvalue weighted by Gasteiger charge is -2.22. The number of carbonyl (C=O) groups is 1. The molecule has 0 aliphatic carbocycles. The van der Waals surface area contributed by atoms with Gasteiger partial charge in [0.25, 0.3) is 0 Å². The molecule has 2 aromatic rings. The van der Waals surface area contributed by atoms with Gasteiger partial charge in [-0.15, -0.1) is 11.3 Å². The van der Waals surface area contributed by atoms with Crippen molar-refractivity contribution < 1.29 is 13.2 Å². The Bertz CT molecular complexity index is 761. The number of amides is 1. The maximum absolute atomic E-state index is 11.9. The Morgan fingerprint density at radius 2 is 2.09 bits per heavy atom.